The van der Waals surface area contributed by atoms with Crippen molar-refractivity contribution in [3.63, 3.8) is 0 Å². The van der Waals surface area contributed by atoms with Crippen molar-refractivity contribution < 1.29 is 23.9 Å². The van der Waals surface area contributed by atoms with Crippen LogP contribution >= 0.6 is 22.6 Å². The van der Waals surface area contributed by atoms with Gasteiger partial charge in [-0.15, -0.1) is 0 Å². The number of rotatable bonds is 11. The second-order valence-electron chi connectivity index (χ2n) is 14.2. The molecular formula is C34H45IN4O5Si. The van der Waals surface area contributed by atoms with Crippen molar-refractivity contribution in [3.05, 3.63) is 63.2 Å². The van der Waals surface area contributed by atoms with Gasteiger partial charge in [0.15, 0.2) is 0 Å². The Labute approximate surface area is 281 Å². The molecule has 2 aromatic rings. The average molecular weight is 745 g/mol. The van der Waals surface area contributed by atoms with Gasteiger partial charge in [0.05, 0.1) is 11.6 Å². The Morgan fingerprint density at radius 3 is 2.53 bits per heavy atom. The van der Waals surface area contributed by atoms with E-state index in [1.165, 1.54) is 0 Å². The third kappa shape index (κ3) is 9.30. The maximum absolute atomic E-state index is 13.8. The van der Waals surface area contributed by atoms with Crippen LogP contribution in [0, 0.1) is 20.8 Å². The molecule has 9 nitrogen and oxygen atoms in total. The van der Waals surface area contributed by atoms with Gasteiger partial charge < -0.3 is 14.8 Å². The van der Waals surface area contributed by atoms with Gasteiger partial charge in [0.2, 0.25) is 5.91 Å². The van der Waals surface area contributed by atoms with E-state index < -0.39 is 31.9 Å². The van der Waals surface area contributed by atoms with Crippen LogP contribution < -0.4 is 10.2 Å². The number of fused-ring (bicyclic) bond motifs is 2. The molecule has 0 spiro atoms. The van der Waals surface area contributed by atoms with E-state index in [1.807, 2.05) is 63.2 Å². The number of ether oxygens (including phenoxy) is 2. The maximum Gasteiger partial charge on any atom is 0.411 e. The van der Waals surface area contributed by atoms with E-state index >= 15 is 0 Å². The van der Waals surface area contributed by atoms with Crippen LogP contribution in [0.4, 0.5) is 10.5 Å². The molecule has 0 radical (unpaired) electrons. The van der Waals surface area contributed by atoms with E-state index in [9.17, 15) is 19.6 Å². The summed E-state index contributed by atoms with van der Waals surface area (Å²) in [5.41, 5.74) is 1.35. The molecule has 2 fully saturated rings. The number of benzene rings is 2. The number of nitrogens with zero attached hydrogens (tertiary/aromatic N) is 3. The van der Waals surface area contributed by atoms with Crippen molar-refractivity contribution in [2.45, 2.75) is 95.9 Å². The van der Waals surface area contributed by atoms with Crippen LogP contribution in [-0.4, -0.2) is 67.9 Å². The van der Waals surface area contributed by atoms with Crippen LogP contribution in [0.5, 0.6) is 0 Å². The molecule has 2 aromatic carbocycles. The number of hydrogen-bond donors (Lipinski definition) is 1. The summed E-state index contributed by atoms with van der Waals surface area (Å²) < 4.78 is 12.5. The van der Waals surface area contributed by atoms with E-state index in [0.29, 0.717) is 17.9 Å². The van der Waals surface area contributed by atoms with Crippen LogP contribution in [0.25, 0.3) is 0 Å². The summed E-state index contributed by atoms with van der Waals surface area (Å²) in [6.07, 6.45) is 2.24. The fraction of sp³-hybridized carbons (Fsp3) is 0.529. The number of halogens is 1. The summed E-state index contributed by atoms with van der Waals surface area (Å²) in [4.78, 5) is 43.6. The summed E-state index contributed by atoms with van der Waals surface area (Å²) in [5, 5.41) is 12.9. The highest BCUT2D eigenvalue weighted by Gasteiger charge is 2.52. The van der Waals surface area contributed by atoms with Gasteiger partial charge >= 0.3 is 6.09 Å². The molecule has 242 valence electrons. The highest BCUT2D eigenvalue weighted by atomic mass is 127. The van der Waals surface area contributed by atoms with E-state index in [-0.39, 0.29) is 36.9 Å². The molecule has 1 saturated heterocycles. The van der Waals surface area contributed by atoms with Gasteiger partial charge in [-0.3, -0.25) is 19.4 Å². The molecule has 4 rings (SSSR count). The van der Waals surface area contributed by atoms with E-state index in [0.717, 1.165) is 34.4 Å². The van der Waals surface area contributed by atoms with Crippen molar-refractivity contribution >= 4 is 54.3 Å². The number of likely N-dealkylation sites (tertiary alicyclic amines) is 1. The molecule has 11 heteroatoms. The molecule has 1 aliphatic heterocycles. The van der Waals surface area contributed by atoms with Gasteiger partial charge in [0.1, 0.15) is 24.4 Å². The molecule has 1 aliphatic carbocycles. The fourth-order valence-corrected chi connectivity index (χ4v) is 7.32. The van der Waals surface area contributed by atoms with Gasteiger partial charge in [-0.05, 0) is 104 Å². The molecule has 1 unspecified atom stereocenters. The molecule has 2 bridgehead atoms. The Balaban J connectivity index is 1.49. The standard InChI is InChI=1S/C34H45IN4O5Si/c1-34(2,3)44-33(42)39-27-15-14-24(20-27)30(39)31(40)37-25(21-36)18-23-10-9-11-26(19-23)38(22-43-16-17-45(4,5)6)32(41)28-12-7-8-13-29(28)35/h7-13,19,24-25,27,30H,14-18,20,22H2,1-6H3,(H,37,40)/t24-,25?,27+,30-/m0/s1. The highest BCUT2D eigenvalue weighted by Crippen LogP contribution is 2.43. The maximum atomic E-state index is 13.8. The lowest BCUT2D eigenvalue weighted by atomic mass is 9.97. The van der Waals surface area contributed by atoms with Gasteiger partial charge in [-0.1, -0.05) is 43.9 Å². The molecule has 3 amide bonds. The Morgan fingerprint density at radius 2 is 1.87 bits per heavy atom. The zero-order valence-corrected chi connectivity index (χ0v) is 30.3. The number of amides is 3. The lowest BCUT2D eigenvalue weighted by Crippen LogP contribution is -2.55. The van der Waals surface area contributed by atoms with Gasteiger partial charge in [-0.25, -0.2) is 4.79 Å². The van der Waals surface area contributed by atoms with Crippen LogP contribution in [0.15, 0.2) is 48.5 Å². The van der Waals surface area contributed by atoms with E-state index in [2.05, 4.69) is 53.6 Å². The van der Waals surface area contributed by atoms with Gasteiger partial charge in [0, 0.05) is 36.4 Å². The second-order valence-corrected chi connectivity index (χ2v) is 21.0. The zero-order valence-electron chi connectivity index (χ0n) is 27.1. The van der Waals surface area contributed by atoms with E-state index in [1.54, 1.807) is 15.9 Å². The number of anilines is 1. The van der Waals surface area contributed by atoms with Crippen molar-refractivity contribution in [2.24, 2.45) is 5.92 Å². The van der Waals surface area contributed by atoms with E-state index in [4.69, 9.17) is 9.47 Å². The molecule has 0 aromatic heterocycles. The fourth-order valence-electron chi connectivity index (χ4n) is 5.94. The Bertz CT molecular complexity index is 1430. The predicted molar refractivity (Wildman–Crippen MR) is 186 cm³/mol. The quantitative estimate of drug-likeness (QED) is 0.120. The first-order valence-corrected chi connectivity index (χ1v) is 20.4. The normalized spacial score (nSPS) is 20.0. The average Bonchev–Trinajstić information content (AvgIpc) is 3.58. The molecule has 1 heterocycles. The first-order valence-electron chi connectivity index (χ1n) is 15.6. The monoisotopic (exact) mass is 744 g/mol. The Morgan fingerprint density at radius 1 is 1.13 bits per heavy atom. The van der Waals surface area contributed by atoms with Crippen LogP contribution in [-0.2, 0) is 20.7 Å². The van der Waals surface area contributed by atoms with Crippen molar-refractivity contribution in [3.8, 4) is 6.07 Å². The Hall–Kier alpha value is -2.95. The number of hydrogen-bond acceptors (Lipinski definition) is 6. The van der Waals surface area contributed by atoms with Crippen molar-refractivity contribution in [2.75, 3.05) is 18.2 Å². The topological polar surface area (TPSA) is 112 Å². The number of piperidine rings is 1. The number of carbonyl (C=O) groups excluding carboxylic acids is 3. The largest absolute Gasteiger partial charge is 0.444 e. The second kappa shape index (κ2) is 14.6. The first kappa shape index (κ1) is 34.9. The Kier molecular flexibility index (Phi) is 11.4. The smallest absolute Gasteiger partial charge is 0.411 e. The summed E-state index contributed by atoms with van der Waals surface area (Å²) in [7, 11) is -1.31. The lowest BCUT2D eigenvalue weighted by molar-refractivity contribution is -0.128. The summed E-state index contributed by atoms with van der Waals surface area (Å²) in [5.74, 6) is -0.456. The predicted octanol–water partition coefficient (Wildman–Crippen LogP) is 6.59. The summed E-state index contributed by atoms with van der Waals surface area (Å²) in [6, 6.07) is 16.6. The molecular weight excluding hydrogens is 699 g/mol. The zero-order chi connectivity index (χ0) is 32.9. The minimum Gasteiger partial charge on any atom is -0.444 e. The molecule has 45 heavy (non-hydrogen) atoms. The minimum absolute atomic E-state index is 0.0260. The third-order valence-corrected chi connectivity index (χ3v) is 10.8. The molecule has 1 N–H and O–H groups in total. The number of nitrogens with one attached hydrogen (secondary N) is 1. The molecule has 2 aliphatic rings. The van der Waals surface area contributed by atoms with Crippen LogP contribution in [0.3, 0.4) is 0 Å². The number of nitriles is 1. The summed E-state index contributed by atoms with van der Waals surface area (Å²) >= 11 is 2.17. The van der Waals surface area contributed by atoms with Crippen molar-refractivity contribution in [1.82, 2.24) is 10.2 Å². The van der Waals surface area contributed by atoms with Crippen LogP contribution in [0.1, 0.15) is 56.0 Å². The summed E-state index contributed by atoms with van der Waals surface area (Å²) in [6.45, 7) is 12.9. The van der Waals surface area contributed by atoms with Crippen LogP contribution in [0.2, 0.25) is 25.7 Å². The molecule has 1 saturated carbocycles. The molecule has 4 atom stereocenters. The third-order valence-electron chi connectivity index (χ3n) is 8.16. The van der Waals surface area contributed by atoms with Gasteiger partial charge in [0.25, 0.3) is 5.91 Å². The van der Waals surface area contributed by atoms with Crippen molar-refractivity contribution in [1.29, 1.82) is 5.26 Å². The lowest BCUT2D eigenvalue weighted by Gasteiger charge is -2.35. The first-order chi connectivity index (χ1) is 21.2. The number of carbonyl (C=O) groups is 3. The SMILES string of the molecule is CC(C)(C)OC(=O)N1[C@@H]2CC[C@@H](C2)[C@H]1C(=O)NC(C#N)Cc1cccc(N(COCC[Si](C)(C)C)C(=O)c2ccccc2I)c1. The highest BCUT2D eigenvalue weighted by molar-refractivity contribution is 14.1. The minimum atomic E-state index is -1.31. The van der Waals surface area contributed by atoms with Gasteiger partial charge in [-0.2, -0.15) is 5.26 Å².